The number of hydrogen-bond acceptors (Lipinski definition) is 5. The monoisotopic (exact) mass is 276 g/mol. The molecule has 0 aromatic carbocycles. The summed E-state index contributed by atoms with van der Waals surface area (Å²) in [6.45, 7) is 8.14. The zero-order valence-corrected chi connectivity index (χ0v) is 12.1. The molecule has 7 nitrogen and oxygen atoms in total. The van der Waals surface area contributed by atoms with Crippen LogP contribution < -0.4 is 10.6 Å². The Morgan fingerprint density at radius 2 is 2.05 bits per heavy atom. The van der Waals surface area contributed by atoms with E-state index in [0.29, 0.717) is 12.3 Å². The van der Waals surface area contributed by atoms with Gasteiger partial charge >= 0.3 is 0 Å². The standard InChI is InChI=1S/C13H20N6O/c1-4-5-14-6-7-15-12(20)11-17-13-16-9(2)8-10(3)19(13)18-11/h8,14H,4-7H2,1-3H3,(H,15,20). The number of carbonyl (C=O) groups is 1. The molecule has 2 aromatic heterocycles. The zero-order chi connectivity index (χ0) is 14.5. The highest BCUT2D eigenvalue weighted by molar-refractivity contribution is 5.90. The second-order valence-corrected chi connectivity index (χ2v) is 4.69. The van der Waals surface area contributed by atoms with Crippen LogP contribution in [-0.2, 0) is 0 Å². The normalized spacial score (nSPS) is 10.9. The maximum atomic E-state index is 11.9. The molecule has 7 heteroatoms. The van der Waals surface area contributed by atoms with E-state index in [-0.39, 0.29) is 11.7 Å². The number of fused-ring (bicyclic) bond motifs is 1. The maximum absolute atomic E-state index is 11.9. The number of aromatic nitrogens is 4. The van der Waals surface area contributed by atoms with Crippen molar-refractivity contribution in [3.05, 3.63) is 23.3 Å². The highest BCUT2D eigenvalue weighted by Gasteiger charge is 2.14. The molecule has 1 amide bonds. The van der Waals surface area contributed by atoms with Gasteiger partial charge in [-0.15, -0.1) is 5.10 Å². The van der Waals surface area contributed by atoms with Gasteiger partial charge in [-0.2, -0.15) is 4.98 Å². The molecule has 0 bridgehead atoms. The summed E-state index contributed by atoms with van der Waals surface area (Å²) in [4.78, 5) is 20.4. The molecule has 2 rings (SSSR count). The quantitative estimate of drug-likeness (QED) is 0.749. The summed E-state index contributed by atoms with van der Waals surface area (Å²) in [5, 5.41) is 10.2. The number of hydrogen-bond donors (Lipinski definition) is 2. The molecule has 0 saturated heterocycles. The van der Waals surface area contributed by atoms with Crippen molar-refractivity contribution in [2.24, 2.45) is 0 Å². The van der Waals surface area contributed by atoms with Crippen molar-refractivity contribution >= 4 is 11.7 Å². The van der Waals surface area contributed by atoms with Gasteiger partial charge in [-0.05, 0) is 32.9 Å². The number of carbonyl (C=O) groups excluding carboxylic acids is 1. The topological polar surface area (TPSA) is 84.2 Å². The van der Waals surface area contributed by atoms with Crippen molar-refractivity contribution in [1.29, 1.82) is 0 Å². The highest BCUT2D eigenvalue weighted by atomic mass is 16.2. The van der Waals surface area contributed by atoms with Crippen molar-refractivity contribution in [2.75, 3.05) is 19.6 Å². The van der Waals surface area contributed by atoms with E-state index in [9.17, 15) is 4.79 Å². The summed E-state index contributed by atoms with van der Waals surface area (Å²) < 4.78 is 1.58. The Hall–Kier alpha value is -2.02. The molecule has 0 unspecified atom stereocenters. The molecule has 108 valence electrons. The van der Waals surface area contributed by atoms with Crippen molar-refractivity contribution < 1.29 is 4.79 Å². The van der Waals surface area contributed by atoms with E-state index in [0.717, 1.165) is 30.9 Å². The summed E-state index contributed by atoms with van der Waals surface area (Å²) in [6, 6.07) is 1.90. The van der Waals surface area contributed by atoms with Gasteiger partial charge in [-0.1, -0.05) is 6.92 Å². The molecule has 0 saturated carbocycles. The van der Waals surface area contributed by atoms with Gasteiger partial charge in [-0.25, -0.2) is 9.50 Å². The Morgan fingerprint density at radius 1 is 1.25 bits per heavy atom. The predicted octanol–water partition coefficient (Wildman–Crippen LogP) is 0.471. The maximum Gasteiger partial charge on any atom is 0.291 e. The summed E-state index contributed by atoms with van der Waals surface area (Å²) in [6.07, 6.45) is 1.08. The van der Waals surface area contributed by atoms with Gasteiger partial charge < -0.3 is 10.6 Å². The van der Waals surface area contributed by atoms with Crippen molar-refractivity contribution in [3.63, 3.8) is 0 Å². The molecular formula is C13H20N6O. The van der Waals surface area contributed by atoms with Gasteiger partial charge in [0.05, 0.1) is 0 Å². The van der Waals surface area contributed by atoms with Crippen LogP contribution >= 0.6 is 0 Å². The van der Waals surface area contributed by atoms with Crippen LogP contribution in [0.1, 0.15) is 35.4 Å². The largest absolute Gasteiger partial charge is 0.348 e. The lowest BCUT2D eigenvalue weighted by molar-refractivity contribution is 0.0944. The lowest BCUT2D eigenvalue weighted by atomic mass is 10.4. The van der Waals surface area contributed by atoms with Gasteiger partial charge in [0.1, 0.15) is 0 Å². The number of nitrogens with one attached hydrogen (secondary N) is 2. The second kappa shape index (κ2) is 6.42. The fraction of sp³-hybridized carbons (Fsp3) is 0.538. The fourth-order valence-corrected chi connectivity index (χ4v) is 1.91. The van der Waals surface area contributed by atoms with Crippen LogP contribution in [0.2, 0.25) is 0 Å². The number of amides is 1. The van der Waals surface area contributed by atoms with Crippen molar-refractivity contribution in [2.45, 2.75) is 27.2 Å². The third-order valence-corrected chi connectivity index (χ3v) is 2.84. The molecule has 2 heterocycles. The third kappa shape index (κ3) is 3.30. The Labute approximate surface area is 117 Å². The number of aryl methyl sites for hydroxylation is 2. The summed E-state index contributed by atoms with van der Waals surface area (Å²) >= 11 is 0. The van der Waals surface area contributed by atoms with Crippen LogP contribution in [0.25, 0.3) is 5.78 Å². The van der Waals surface area contributed by atoms with E-state index in [1.54, 1.807) is 4.52 Å². The summed E-state index contributed by atoms with van der Waals surface area (Å²) in [7, 11) is 0. The average Bonchev–Trinajstić information content (AvgIpc) is 2.82. The average molecular weight is 276 g/mol. The van der Waals surface area contributed by atoms with Gasteiger partial charge in [0, 0.05) is 24.5 Å². The first-order valence-electron chi connectivity index (χ1n) is 6.81. The molecule has 0 aliphatic rings. The van der Waals surface area contributed by atoms with Gasteiger partial charge in [0.15, 0.2) is 0 Å². The Balaban J connectivity index is 2.02. The number of rotatable bonds is 6. The van der Waals surface area contributed by atoms with E-state index in [1.807, 2.05) is 19.9 Å². The third-order valence-electron chi connectivity index (χ3n) is 2.84. The summed E-state index contributed by atoms with van der Waals surface area (Å²) in [5.41, 5.74) is 1.77. The molecule has 20 heavy (non-hydrogen) atoms. The van der Waals surface area contributed by atoms with Crippen LogP contribution in [0.3, 0.4) is 0 Å². The van der Waals surface area contributed by atoms with E-state index >= 15 is 0 Å². The van der Waals surface area contributed by atoms with Crippen molar-refractivity contribution in [3.8, 4) is 0 Å². The fourth-order valence-electron chi connectivity index (χ4n) is 1.91. The Morgan fingerprint density at radius 3 is 2.80 bits per heavy atom. The molecule has 0 aliphatic heterocycles. The van der Waals surface area contributed by atoms with Crippen LogP contribution in [0.15, 0.2) is 6.07 Å². The minimum atomic E-state index is -0.272. The first-order chi connectivity index (χ1) is 9.61. The molecular weight excluding hydrogens is 256 g/mol. The zero-order valence-electron chi connectivity index (χ0n) is 12.1. The molecule has 0 spiro atoms. The molecule has 0 fully saturated rings. The van der Waals surface area contributed by atoms with Crippen LogP contribution in [0.5, 0.6) is 0 Å². The van der Waals surface area contributed by atoms with Gasteiger partial charge in [0.25, 0.3) is 11.7 Å². The van der Waals surface area contributed by atoms with E-state index in [2.05, 4.69) is 32.6 Å². The molecule has 0 aliphatic carbocycles. The highest BCUT2D eigenvalue weighted by Crippen LogP contribution is 2.05. The van der Waals surface area contributed by atoms with Gasteiger partial charge in [0.2, 0.25) is 5.82 Å². The van der Waals surface area contributed by atoms with E-state index in [1.165, 1.54) is 0 Å². The minimum Gasteiger partial charge on any atom is -0.348 e. The summed E-state index contributed by atoms with van der Waals surface area (Å²) in [5.74, 6) is 0.337. The van der Waals surface area contributed by atoms with Crippen LogP contribution in [0.4, 0.5) is 0 Å². The van der Waals surface area contributed by atoms with E-state index in [4.69, 9.17) is 0 Å². The van der Waals surface area contributed by atoms with Crippen LogP contribution in [-0.4, -0.2) is 45.1 Å². The molecule has 2 N–H and O–H groups in total. The minimum absolute atomic E-state index is 0.154. The lowest BCUT2D eigenvalue weighted by Gasteiger charge is -2.03. The molecule has 0 atom stereocenters. The Kier molecular flexibility index (Phi) is 4.62. The smallest absolute Gasteiger partial charge is 0.291 e. The van der Waals surface area contributed by atoms with Crippen molar-refractivity contribution in [1.82, 2.24) is 30.2 Å². The first kappa shape index (κ1) is 14.4. The van der Waals surface area contributed by atoms with E-state index < -0.39 is 0 Å². The Bertz CT molecular complexity index is 606. The SMILES string of the molecule is CCCNCCNC(=O)c1nc2nc(C)cc(C)n2n1. The van der Waals surface area contributed by atoms with Crippen LogP contribution in [0, 0.1) is 13.8 Å². The molecule has 2 aromatic rings. The second-order valence-electron chi connectivity index (χ2n) is 4.69. The predicted molar refractivity (Wildman–Crippen MR) is 75.7 cm³/mol. The lowest BCUT2D eigenvalue weighted by Crippen LogP contribution is -2.32. The number of nitrogens with zero attached hydrogens (tertiary/aromatic N) is 4. The first-order valence-corrected chi connectivity index (χ1v) is 6.81. The molecule has 0 radical (unpaired) electrons. The van der Waals surface area contributed by atoms with Gasteiger partial charge in [-0.3, -0.25) is 4.79 Å².